The third kappa shape index (κ3) is 5.28. The first-order chi connectivity index (χ1) is 13.1. The van der Waals surface area contributed by atoms with Gasteiger partial charge in [0.2, 0.25) is 11.9 Å². The van der Waals surface area contributed by atoms with Crippen LogP contribution in [0.2, 0.25) is 0 Å². The third-order valence-electron chi connectivity index (χ3n) is 4.12. The number of ether oxygens (including phenoxy) is 1. The normalized spacial score (nSPS) is 11.5. The van der Waals surface area contributed by atoms with Crippen LogP contribution in [0.3, 0.4) is 0 Å². The fourth-order valence-electron chi connectivity index (χ4n) is 2.60. The molecule has 0 radical (unpaired) electrons. The van der Waals surface area contributed by atoms with Crippen LogP contribution in [-0.4, -0.2) is 23.0 Å². The minimum absolute atomic E-state index is 0.0158. The number of nitrogens with zero attached hydrogens (tertiary/aromatic N) is 2. The second-order valence-electron chi connectivity index (χ2n) is 6.22. The summed E-state index contributed by atoms with van der Waals surface area (Å²) < 4.78 is 5.16. The molecule has 2 aromatic carbocycles. The number of nitrogens with one attached hydrogen (secondary N) is 2. The number of hydrogen-bond acceptors (Lipinski definition) is 5. The van der Waals surface area contributed by atoms with E-state index in [-0.39, 0.29) is 11.8 Å². The van der Waals surface area contributed by atoms with Crippen LogP contribution in [-0.2, 0) is 11.2 Å². The maximum absolute atomic E-state index is 12.4. The molecule has 3 rings (SSSR count). The lowest BCUT2D eigenvalue weighted by molar-refractivity contribution is -0.119. The van der Waals surface area contributed by atoms with Crippen LogP contribution in [0.15, 0.2) is 67.0 Å². The van der Waals surface area contributed by atoms with Gasteiger partial charge in [-0.2, -0.15) is 0 Å². The molecule has 0 aliphatic rings. The minimum Gasteiger partial charge on any atom is -0.497 e. The smallest absolute Gasteiger partial charge is 0.227 e. The third-order valence-corrected chi connectivity index (χ3v) is 4.12. The first-order valence-electron chi connectivity index (χ1n) is 8.72. The summed E-state index contributed by atoms with van der Waals surface area (Å²) in [7, 11) is 1.64. The van der Waals surface area contributed by atoms with Crippen LogP contribution in [0.25, 0.3) is 0 Å². The fourth-order valence-corrected chi connectivity index (χ4v) is 2.60. The van der Waals surface area contributed by atoms with Gasteiger partial charge in [-0.1, -0.05) is 19.1 Å². The Bertz CT molecular complexity index is 865. The lowest BCUT2D eigenvalue weighted by Gasteiger charge is -2.13. The monoisotopic (exact) mass is 362 g/mol. The first kappa shape index (κ1) is 18.4. The molecule has 27 heavy (non-hydrogen) atoms. The summed E-state index contributed by atoms with van der Waals surface area (Å²) in [6.07, 6.45) is 4.02. The SMILES string of the molecule is COc1ccc(CC(C)C(=O)Nc2ccc(Nc3ncccn3)cc2)cc1. The quantitative estimate of drug-likeness (QED) is 0.663. The summed E-state index contributed by atoms with van der Waals surface area (Å²) in [5, 5.41) is 6.06. The van der Waals surface area contributed by atoms with Crippen molar-refractivity contribution in [2.45, 2.75) is 13.3 Å². The number of benzene rings is 2. The molecular formula is C21H22N4O2. The molecule has 0 fully saturated rings. The van der Waals surface area contributed by atoms with Crippen LogP contribution in [0.4, 0.5) is 17.3 Å². The number of aromatic nitrogens is 2. The van der Waals surface area contributed by atoms with Gasteiger partial charge in [0.25, 0.3) is 0 Å². The van der Waals surface area contributed by atoms with Gasteiger partial charge >= 0.3 is 0 Å². The molecule has 2 N–H and O–H groups in total. The predicted molar refractivity (Wildman–Crippen MR) is 106 cm³/mol. The zero-order valence-electron chi connectivity index (χ0n) is 15.3. The van der Waals surface area contributed by atoms with Crippen molar-refractivity contribution in [3.63, 3.8) is 0 Å². The van der Waals surface area contributed by atoms with E-state index in [0.29, 0.717) is 12.4 Å². The van der Waals surface area contributed by atoms with Gasteiger partial charge in [-0.15, -0.1) is 0 Å². The van der Waals surface area contributed by atoms with Crippen molar-refractivity contribution in [1.82, 2.24) is 9.97 Å². The summed E-state index contributed by atoms with van der Waals surface area (Å²) in [4.78, 5) is 20.7. The maximum atomic E-state index is 12.4. The Morgan fingerprint density at radius 2 is 1.63 bits per heavy atom. The van der Waals surface area contributed by atoms with E-state index < -0.39 is 0 Å². The Kier molecular flexibility index (Phi) is 5.99. The molecule has 1 heterocycles. The summed E-state index contributed by atoms with van der Waals surface area (Å²) >= 11 is 0. The molecule has 0 aliphatic carbocycles. The Hall–Kier alpha value is -3.41. The molecule has 1 unspecified atom stereocenters. The van der Waals surface area contributed by atoms with Crippen molar-refractivity contribution in [2.24, 2.45) is 5.92 Å². The number of hydrogen-bond donors (Lipinski definition) is 2. The highest BCUT2D eigenvalue weighted by molar-refractivity contribution is 5.92. The summed E-state index contributed by atoms with van der Waals surface area (Å²) in [5.74, 6) is 1.18. The summed E-state index contributed by atoms with van der Waals surface area (Å²) in [5.41, 5.74) is 2.70. The molecule has 3 aromatic rings. The van der Waals surface area contributed by atoms with E-state index in [0.717, 1.165) is 22.7 Å². The first-order valence-corrected chi connectivity index (χ1v) is 8.72. The van der Waals surface area contributed by atoms with Gasteiger partial charge < -0.3 is 15.4 Å². The van der Waals surface area contributed by atoms with E-state index >= 15 is 0 Å². The number of amides is 1. The van der Waals surface area contributed by atoms with E-state index in [9.17, 15) is 4.79 Å². The molecule has 1 amide bonds. The van der Waals surface area contributed by atoms with Crippen LogP contribution in [0, 0.1) is 5.92 Å². The van der Waals surface area contributed by atoms with Crippen LogP contribution >= 0.6 is 0 Å². The predicted octanol–water partition coefficient (Wildman–Crippen LogP) is 4.05. The maximum Gasteiger partial charge on any atom is 0.227 e. The van der Waals surface area contributed by atoms with E-state index in [4.69, 9.17) is 4.74 Å². The van der Waals surface area contributed by atoms with Crippen LogP contribution in [0.1, 0.15) is 12.5 Å². The van der Waals surface area contributed by atoms with E-state index in [1.807, 2.05) is 55.5 Å². The summed E-state index contributed by atoms with van der Waals surface area (Å²) in [6, 6.07) is 17.0. The Balaban J connectivity index is 1.54. The standard InChI is InChI=1S/C21H22N4O2/c1-15(14-16-4-10-19(27-2)11-5-16)20(26)24-17-6-8-18(9-7-17)25-21-22-12-3-13-23-21/h3-13,15H,14H2,1-2H3,(H,24,26)(H,22,23,25). The highest BCUT2D eigenvalue weighted by Crippen LogP contribution is 2.19. The molecule has 6 nitrogen and oxygen atoms in total. The lowest BCUT2D eigenvalue weighted by atomic mass is 10.00. The average Bonchev–Trinajstić information content (AvgIpc) is 2.71. The van der Waals surface area contributed by atoms with Gasteiger partial charge in [-0.3, -0.25) is 4.79 Å². The highest BCUT2D eigenvalue weighted by atomic mass is 16.5. The largest absolute Gasteiger partial charge is 0.497 e. The van der Waals surface area contributed by atoms with Gasteiger partial charge in [0.15, 0.2) is 0 Å². The van der Waals surface area contributed by atoms with Crippen molar-refractivity contribution in [3.8, 4) is 5.75 Å². The Morgan fingerprint density at radius 3 is 2.26 bits per heavy atom. The van der Waals surface area contributed by atoms with Crippen molar-refractivity contribution in [3.05, 3.63) is 72.6 Å². The van der Waals surface area contributed by atoms with E-state index in [2.05, 4.69) is 20.6 Å². The van der Waals surface area contributed by atoms with Gasteiger partial charge in [0.05, 0.1) is 7.11 Å². The highest BCUT2D eigenvalue weighted by Gasteiger charge is 2.14. The Labute approximate surface area is 158 Å². The number of carbonyl (C=O) groups is 1. The molecule has 0 saturated heterocycles. The Morgan fingerprint density at radius 1 is 1.00 bits per heavy atom. The average molecular weight is 362 g/mol. The fraction of sp³-hybridized carbons (Fsp3) is 0.190. The zero-order chi connectivity index (χ0) is 19.1. The molecule has 6 heteroatoms. The van der Waals surface area contributed by atoms with Gasteiger partial charge in [-0.05, 0) is 54.4 Å². The number of methoxy groups -OCH3 is 1. The van der Waals surface area contributed by atoms with Crippen LogP contribution < -0.4 is 15.4 Å². The molecule has 0 saturated carbocycles. The molecule has 0 bridgehead atoms. The van der Waals surface area contributed by atoms with Gasteiger partial charge in [0, 0.05) is 29.7 Å². The second-order valence-corrected chi connectivity index (χ2v) is 6.22. The molecule has 0 aliphatic heterocycles. The lowest BCUT2D eigenvalue weighted by Crippen LogP contribution is -2.22. The molecule has 0 spiro atoms. The van der Waals surface area contributed by atoms with Crippen molar-refractivity contribution in [2.75, 3.05) is 17.7 Å². The molecule has 1 aromatic heterocycles. The number of carbonyl (C=O) groups excluding carboxylic acids is 1. The van der Waals surface area contributed by atoms with E-state index in [1.165, 1.54) is 0 Å². The molecule has 1 atom stereocenters. The zero-order valence-corrected chi connectivity index (χ0v) is 15.3. The van der Waals surface area contributed by atoms with Crippen molar-refractivity contribution in [1.29, 1.82) is 0 Å². The van der Waals surface area contributed by atoms with E-state index in [1.54, 1.807) is 25.6 Å². The minimum atomic E-state index is -0.145. The van der Waals surface area contributed by atoms with Crippen molar-refractivity contribution < 1.29 is 9.53 Å². The van der Waals surface area contributed by atoms with Crippen LogP contribution in [0.5, 0.6) is 5.75 Å². The topological polar surface area (TPSA) is 76.1 Å². The van der Waals surface area contributed by atoms with Crippen molar-refractivity contribution >= 4 is 23.2 Å². The molecular weight excluding hydrogens is 340 g/mol. The molecule has 138 valence electrons. The number of rotatable bonds is 7. The number of anilines is 3. The van der Waals surface area contributed by atoms with Gasteiger partial charge in [-0.25, -0.2) is 9.97 Å². The second kappa shape index (κ2) is 8.80. The van der Waals surface area contributed by atoms with Gasteiger partial charge in [0.1, 0.15) is 5.75 Å². The summed E-state index contributed by atoms with van der Waals surface area (Å²) in [6.45, 7) is 1.92.